The first-order valence-corrected chi connectivity index (χ1v) is 4.89. The van der Waals surface area contributed by atoms with Crippen LogP contribution in [0, 0.1) is 0 Å². The van der Waals surface area contributed by atoms with Crippen molar-refractivity contribution in [3.05, 3.63) is 46.4 Å². The third-order valence-corrected chi connectivity index (χ3v) is 2.77. The molecule has 0 unspecified atom stereocenters. The fourth-order valence-corrected chi connectivity index (χ4v) is 1.89. The largest absolute Gasteiger partial charge is 0.478 e. The van der Waals surface area contributed by atoms with E-state index in [2.05, 4.69) is 15.9 Å². The van der Waals surface area contributed by atoms with Crippen molar-refractivity contribution < 1.29 is 29.4 Å². The number of aromatic carboxylic acids is 1. The van der Waals surface area contributed by atoms with Gasteiger partial charge in [-0.3, -0.25) is 0 Å². The Morgan fingerprint density at radius 1 is 1.20 bits per heavy atom. The molecule has 0 aliphatic rings. The second-order valence-corrected chi connectivity index (χ2v) is 3.84. The number of fused-ring (bicyclic) bond motifs is 1. The summed E-state index contributed by atoms with van der Waals surface area (Å²) in [6, 6.07) is 10.8. The van der Waals surface area contributed by atoms with Gasteiger partial charge in [0.1, 0.15) is 0 Å². The molecule has 0 aliphatic heterocycles. The minimum absolute atomic E-state index is 0. The molecule has 0 saturated carbocycles. The van der Waals surface area contributed by atoms with E-state index in [0.717, 1.165) is 15.2 Å². The number of hydrogen-bond donors (Lipinski definition) is 1. The smallest absolute Gasteiger partial charge is 0.335 e. The molecule has 2 nitrogen and oxygen atoms in total. The standard InChI is InChI=1S/C11H7BrO2.Zn/c12-10-3-1-2-7-6-8(11(13)14)4-5-9(7)10;/h1-6H,(H,13,14);. The Kier molecular flexibility index (Phi) is 4.00. The fourth-order valence-electron chi connectivity index (χ4n) is 1.38. The molecule has 0 aromatic heterocycles. The summed E-state index contributed by atoms with van der Waals surface area (Å²) in [7, 11) is 0. The monoisotopic (exact) mass is 314 g/mol. The first kappa shape index (κ1) is 12.3. The molecule has 2 rings (SSSR count). The van der Waals surface area contributed by atoms with E-state index in [9.17, 15) is 4.79 Å². The minimum Gasteiger partial charge on any atom is -0.478 e. The van der Waals surface area contributed by atoms with Crippen molar-refractivity contribution in [1.82, 2.24) is 0 Å². The van der Waals surface area contributed by atoms with Crippen molar-refractivity contribution in [2.24, 2.45) is 0 Å². The second-order valence-electron chi connectivity index (χ2n) is 2.98. The average molecular weight is 316 g/mol. The van der Waals surface area contributed by atoms with Crippen LogP contribution in [0.25, 0.3) is 10.8 Å². The quantitative estimate of drug-likeness (QED) is 0.820. The van der Waals surface area contributed by atoms with Gasteiger partial charge >= 0.3 is 5.97 Å². The minimum atomic E-state index is -0.896. The van der Waals surface area contributed by atoms with Gasteiger partial charge < -0.3 is 5.11 Å². The first-order valence-electron chi connectivity index (χ1n) is 4.10. The molecule has 0 fully saturated rings. The van der Waals surface area contributed by atoms with Gasteiger partial charge in [0, 0.05) is 24.0 Å². The molecule has 1 N–H and O–H groups in total. The third-order valence-electron chi connectivity index (χ3n) is 2.07. The van der Waals surface area contributed by atoms with E-state index in [1.165, 1.54) is 0 Å². The van der Waals surface area contributed by atoms with E-state index >= 15 is 0 Å². The molecule has 0 spiro atoms. The predicted molar refractivity (Wildman–Crippen MR) is 58.6 cm³/mol. The van der Waals surface area contributed by atoms with Crippen molar-refractivity contribution in [3.8, 4) is 0 Å². The fraction of sp³-hybridized carbons (Fsp3) is 0. The number of carboxylic acid groups (broad SMARTS) is 1. The van der Waals surface area contributed by atoms with E-state index in [4.69, 9.17) is 5.11 Å². The van der Waals surface area contributed by atoms with Crippen LogP contribution in [0.4, 0.5) is 0 Å². The van der Waals surface area contributed by atoms with Gasteiger partial charge in [-0.15, -0.1) is 0 Å². The summed E-state index contributed by atoms with van der Waals surface area (Å²) in [5, 5.41) is 10.8. The van der Waals surface area contributed by atoms with Crippen molar-refractivity contribution in [3.63, 3.8) is 0 Å². The van der Waals surface area contributed by atoms with Gasteiger partial charge in [-0.2, -0.15) is 0 Å². The number of carbonyl (C=O) groups is 1. The summed E-state index contributed by atoms with van der Waals surface area (Å²) in [6.45, 7) is 0. The summed E-state index contributed by atoms with van der Waals surface area (Å²) in [5.74, 6) is -0.896. The Bertz CT molecular complexity index is 511. The molecule has 0 amide bonds. The number of halogens is 1. The maximum Gasteiger partial charge on any atom is 0.335 e. The van der Waals surface area contributed by atoms with Crippen LogP contribution >= 0.6 is 15.9 Å². The zero-order valence-electron chi connectivity index (χ0n) is 7.90. The van der Waals surface area contributed by atoms with Crippen LogP contribution in [0.1, 0.15) is 10.4 Å². The Labute approximate surface area is 108 Å². The molecule has 4 heteroatoms. The summed E-state index contributed by atoms with van der Waals surface area (Å²) in [4.78, 5) is 10.7. The SMILES string of the molecule is O=C(O)c1ccc2c(Br)cccc2c1.[Zn]. The topological polar surface area (TPSA) is 37.3 Å². The molecule has 0 heterocycles. The van der Waals surface area contributed by atoms with Gasteiger partial charge in [0.2, 0.25) is 0 Å². The molecule has 2 aromatic carbocycles. The molecule has 0 radical (unpaired) electrons. The maximum absolute atomic E-state index is 10.7. The van der Waals surface area contributed by atoms with Crippen LogP contribution < -0.4 is 0 Å². The van der Waals surface area contributed by atoms with E-state index in [1.807, 2.05) is 24.3 Å². The van der Waals surface area contributed by atoms with Gasteiger partial charge in [-0.1, -0.05) is 34.1 Å². The van der Waals surface area contributed by atoms with Crippen LogP contribution in [-0.2, 0) is 19.5 Å². The molecular weight excluding hydrogens is 309 g/mol. The van der Waals surface area contributed by atoms with Crippen LogP contribution in [-0.4, -0.2) is 11.1 Å². The molecule has 2 aromatic rings. The van der Waals surface area contributed by atoms with E-state index in [-0.39, 0.29) is 19.5 Å². The van der Waals surface area contributed by atoms with Gasteiger partial charge in [-0.05, 0) is 29.0 Å². The van der Waals surface area contributed by atoms with Crippen molar-refractivity contribution in [2.75, 3.05) is 0 Å². The van der Waals surface area contributed by atoms with Crippen LogP contribution in [0.15, 0.2) is 40.9 Å². The Hall–Kier alpha value is -0.727. The van der Waals surface area contributed by atoms with E-state index < -0.39 is 5.97 Å². The van der Waals surface area contributed by atoms with Gasteiger partial charge in [0.15, 0.2) is 0 Å². The van der Waals surface area contributed by atoms with Crippen molar-refractivity contribution in [2.45, 2.75) is 0 Å². The Balaban J connectivity index is 0.00000112. The summed E-state index contributed by atoms with van der Waals surface area (Å²) < 4.78 is 0.979. The molecule has 0 atom stereocenters. The van der Waals surface area contributed by atoms with Crippen LogP contribution in [0.5, 0.6) is 0 Å². The maximum atomic E-state index is 10.7. The third kappa shape index (κ3) is 2.44. The van der Waals surface area contributed by atoms with Gasteiger partial charge in [-0.25, -0.2) is 4.79 Å². The Morgan fingerprint density at radius 2 is 1.93 bits per heavy atom. The van der Waals surface area contributed by atoms with Crippen molar-refractivity contribution >= 4 is 32.7 Å². The zero-order chi connectivity index (χ0) is 10.1. The van der Waals surface area contributed by atoms with Gasteiger partial charge in [0.05, 0.1) is 5.56 Å². The molecule has 0 bridgehead atoms. The summed E-state index contributed by atoms with van der Waals surface area (Å²) >= 11 is 3.41. The number of benzene rings is 2. The molecule has 15 heavy (non-hydrogen) atoms. The average Bonchev–Trinajstić information content (AvgIpc) is 2.17. The first-order chi connectivity index (χ1) is 6.68. The molecule has 0 saturated heterocycles. The van der Waals surface area contributed by atoms with Crippen LogP contribution in [0.2, 0.25) is 0 Å². The normalized spacial score (nSPS) is 9.67. The van der Waals surface area contributed by atoms with E-state index in [0.29, 0.717) is 5.56 Å². The van der Waals surface area contributed by atoms with Gasteiger partial charge in [0.25, 0.3) is 0 Å². The number of rotatable bonds is 1. The zero-order valence-corrected chi connectivity index (χ0v) is 12.5. The van der Waals surface area contributed by atoms with Crippen LogP contribution in [0.3, 0.4) is 0 Å². The summed E-state index contributed by atoms with van der Waals surface area (Å²) in [5.41, 5.74) is 0.315. The summed E-state index contributed by atoms with van der Waals surface area (Å²) in [6.07, 6.45) is 0. The number of hydrogen-bond acceptors (Lipinski definition) is 1. The second kappa shape index (κ2) is 4.86. The predicted octanol–water partition coefficient (Wildman–Crippen LogP) is 3.30. The molecular formula is C11H7BrO2Zn. The molecule has 72 valence electrons. The van der Waals surface area contributed by atoms with Crippen molar-refractivity contribution in [1.29, 1.82) is 0 Å². The van der Waals surface area contributed by atoms with E-state index in [1.54, 1.807) is 12.1 Å². The number of carboxylic acids is 1. The molecule has 0 aliphatic carbocycles. The Morgan fingerprint density at radius 3 is 2.60 bits per heavy atom.